The molecule has 5 nitrogen and oxygen atoms in total. The van der Waals surface area contributed by atoms with Crippen molar-refractivity contribution in [3.05, 3.63) is 35.0 Å². The van der Waals surface area contributed by atoms with E-state index < -0.39 is 11.8 Å². The molecule has 2 rings (SSSR count). The number of hydrogen-bond donors (Lipinski definition) is 2. The van der Waals surface area contributed by atoms with Gasteiger partial charge in [0.25, 0.3) is 5.95 Å². The van der Waals surface area contributed by atoms with Crippen molar-refractivity contribution in [3.63, 3.8) is 0 Å². The van der Waals surface area contributed by atoms with E-state index in [9.17, 15) is 8.78 Å². The van der Waals surface area contributed by atoms with Crippen LogP contribution >= 0.6 is 11.3 Å². The third-order valence-electron chi connectivity index (χ3n) is 0.898. The average Bonchev–Trinajstić information content (AvgIpc) is 2.84. The summed E-state index contributed by atoms with van der Waals surface area (Å²) >= 11 is 1.60. The SMILES string of the molecule is Fc1c[nH]nc1F.NC=O.c1cscn1. The van der Waals surface area contributed by atoms with E-state index in [1.165, 1.54) is 0 Å². The Kier molecular flexibility index (Phi) is 7.69. The van der Waals surface area contributed by atoms with E-state index in [0.717, 1.165) is 6.20 Å². The molecule has 0 aliphatic heterocycles. The normalized spacial score (nSPS) is 7.87. The molecule has 0 aromatic carbocycles. The van der Waals surface area contributed by atoms with Gasteiger partial charge in [-0.2, -0.15) is 4.39 Å². The molecular formula is C7H8F2N4OS. The van der Waals surface area contributed by atoms with Crippen molar-refractivity contribution in [3.8, 4) is 0 Å². The molecule has 15 heavy (non-hydrogen) atoms. The minimum Gasteiger partial charge on any atom is -0.372 e. The van der Waals surface area contributed by atoms with Gasteiger partial charge in [-0.1, -0.05) is 0 Å². The molecule has 1 amide bonds. The minimum atomic E-state index is -1.08. The van der Waals surface area contributed by atoms with Crippen molar-refractivity contribution in [2.45, 2.75) is 0 Å². The van der Waals surface area contributed by atoms with Gasteiger partial charge in [0, 0.05) is 11.6 Å². The number of carbonyl (C=O) groups is 1. The number of thiazole rings is 1. The quantitative estimate of drug-likeness (QED) is 0.665. The Morgan fingerprint density at radius 3 is 2.33 bits per heavy atom. The molecule has 8 heteroatoms. The standard InChI is InChI=1S/C3H2F2N2.C3H3NS.CH3NO/c4-2-1-6-7-3(2)5;1-2-5-3-4-1;2-1-3/h1H,(H,6,7);1-3H;1H,(H2,2,3). The number of hydrogen-bond acceptors (Lipinski definition) is 4. The summed E-state index contributed by atoms with van der Waals surface area (Å²) in [5, 5.41) is 6.78. The zero-order valence-corrected chi connectivity index (χ0v) is 8.25. The van der Waals surface area contributed by atoms with Gasteiger partial charge in [-0.05, 0) is 0 Å². The second kappa shape index (κ2) is 8.75. The highest BCUT2D eigenvalue weighted by Gasteiger charge is 1.98. The Morgan fingerprint density at radius 2 is 2.20 bits per heavy atom. The maximum Gasteiger partial charge on any atom is 0.267 e. The molecule has 2 heterocycles. The molecule has 0 saturated heterocycles. The molecule has 0 bridgehead atoms. The Morgan fingerprint density at radius 1 is 1.53 bits per heavy atom. The first-order valence-electron chi connectivity index (χ1n) is 3.54. The van der Waals surface area contributed by atoms with Crippen molar-refractivity contribution in [2.24, 2.45) is 5.73 Å². The van der Waals surface area contributed by atoms with Gasteiger partial charge in [-0.15, -0.1) is 16.4 Å². The van der Waals surface area contributed by atoms with Gasteiger partial charge < -0.3 is 5.73 Å². The van der Waals surface area contributed by atoms with E-state index in [1.54, 1.807) is 23.0 Å². The van der Waals surface area contributed by atoms with E-state index in [1.807, 2.05) is 10.5 Å². The Balaban J connectivity index is 0.000000216. The second-order valence-electron chi connectivity index (χ2n) is 1.84. The highest BCUT2D eigenvalue weighted by molar-refractivity contribution is 7.07. The molecule has 2 aromatic rings. The molecule has 2 aromatic heterocycles. The maximum absolute atomic E-state index is 11.6. The Bertz CT molecular complexity index is 318. The first kappa shape index (κ1) is 13.2. The van der Waals surface area contributed by atoms with Crippen LogP contribution in [0.4, 0.5) is 8.78 Å². The number of nitrogens with two attached hydrogens (primary N) is 1. The van der Waals surface area contributed by atoms with Gasteiger partial charge >= 0.3 is 0 Å². The van der Waals surface area contributed by atoms with Crippen LogP contribution in [-0.2, 0) is 4.79 Å². The van der Waals surface area contributed by atoms with Gasteiger partial charge in [-0.25, -0.2) is 4.39 Å². The number of amides is 1. The number of nitrogens with one attached hydrogen (secondary N) is 1. The summed E-state index contributed by atoms with van der Waals surface area (Å²) in [7, 11) is 0. The molecule has 0 saturated carbocycles. The summed E-state index contributed by atoms with van der Waals surface area (Å²) in [5.74, 6) is -2.03. The van der Waals surface area contributed by atoms with Gasteiger partial charge in [0.1, 0.15) is 0 Å². The third kappa shape index (κ3) is 7.26. The smallest absolute Gasteiger partial charge is 0.267 e. The molecular weight excluding hydrogens is 226 g/mol. The monoisotopic (exact) mass is 234 g/mol. The molecule has 0 unspecified atom stereocenters. The van der Waals surface area contributed by atoms with E-state index in [-0.39, 0.29) is 6.41 Å². The molecule has 82 valence electrons. The van der Waals surface area contributed by atoms with Crippen LogP contribution in [0.5, 0.6) is 0 Å². The number of H-pyrrole nitrogens is 1. The fourth-order valence-electron chi connectivity index (χ4n) is 0.434. The summed E-state index contributed by atoms with van der Waals surface area (Å²) in [5.41, 5.74) is 5.96. The number of rotatable bonds is 0. The number of aromatic amines is 1. The second-order valence-corrected chi connectivity index (χ2v) is 2.59. The van der Waals surface area contributed by atoms with Crippen LogP contribution in [0.3, 0.4) is 0 Å². The van der Waals surface area contributed by atoms with Crippen molar-refractivity contribution in [1.82, 2.24) is 15.2 Å². The number of primary amides is 1. The van der Waals surface area contributed by atoms with Crippen LogP contribution in [0.25, 0.3) is 0 Å². The zero-order valence-electron chi connectivity index (χ0n) is 7.43. The molecule has 0 atom stereocenters. The van der Waals surface area contributed by atoms with Crippen molar-refractivity contribution < 1.29 is 13.6 Å². The predicted molar refractivity (Wildman–Crippen MR) is 50.9 cm³/mol. The summed E-state index contributed by atoms with van der Waals surface area (Å²) in [6.07, 6.45) is 2.86. The van der Waals surface area contributed by atoms with Crippen LogP contribution < -0.4 is 5.73 Å². The number of carbonyl (C=O) groups excluding carboxylic acids is 1. The molecule has 0 aliphatic carbocycles. The van der Waals surface area contributed by atoms with Crippen molar-refractivity contribution >= 4 is 17.7 Å². The lowest BCUT2D eigenvalue weighted by atomic mass is 10.7. The maximum atomic E-state index is 11.6. The zero-order chi connectivity index (χ0) is 11.5. The van der Waals surface area contributed by atoms with Crippen LogP contribution in [0.2, 0.25) is 0 Å². The molecule has 0 aliphatic rings. The molecule has 0 radical (unpaired) electrons. The molecule has 0 spiro atoms. The number of halogens is 2. The van der Waals surface area contributed by atoms with Crippen LogP contribution in [0.15, 0.2) is 23.3 Å². The van der Waals surface area contributed by atoms with Gasteiger partial charge in [-0.3, -0.25) is 14.9 Å². The van der Waals surface area contributed by atoms with Gasteiger partial charge in [0.2, 0.25) is 6.41 Å². The lowest BCUT2D eigenvalue weighted by Gasteiger charge is -1.67. The highest BCUT2D eigenvalue weighted by Crippen LogP contribution is 1.95. The lowest BCUT2D eigenvalue weighted by molar-refractivity contribution is -0.106. The highest BCUT2D eigenvalue weighted by atomic mass is 32.1. The molecule has 0 fully saturated rings. The van der Waals surface area contributed by atoms with E-state index in [4.69, 9.17) is 4.79 Å². The number of aromatic nitrogens is 3. The fourth-order valence-corrected chi connectivity index (χ4v) is 0.786. The topological polar surface area (TPSA) is 84.7 Å². The first-order chi connectivity index (χ1) is 7.22. The summed E-state index contributed by atoms with van der Waals surface area (Å²) in [6, 6.07) is 0. The van der Waals surface area contributed by atoms with Crippen LogP contribution in [-0.4, -0.2) is 21.6 Å². The van der Waals surface area contributed by atoms with Crippen LogP contribution in [0, 0.1) is 11.8 Å². The lowest BCUT2D eigenvalue weighted by Crippen LogP contribution is -1.82. The minimum absolute atomic E-state index is 0.250. The van der Waals surface area contributed by atoms with E-state index >= 15 is 0 Å². The van der Waals surface area contributed by atoms with Gasteiger partial charge in [0.05, 0.1) is 11.7 Å². The third-order valence-corrected chi connectivity index (χ3v) is 1.42. The number of nitrogens with zero attached hydrogens (tertiary/aromatic N) is 2. The Hall–Kier alpha value is -1.83. The van der Waals surface area contributed by atoms with Crippen molar-refractivity contribution in [2.75, 3.05) is 0 Å². The Labute approximate surface area is 88.0 Å². The average molecular weight is 234 g/mol. The first-order valence-corrected chi connectivity index (χ1v) is 4.49. The predicted octanol–water partition coefficient (Wildman–Crippen LogP) is 0.933. The van der Waals surface area contributed by atoms with Crippen LogP contribution in [0.1, 0.15) is 0 Å². The largest absolute Gasteiger partial charge is 0.372 e. The van der Waals surface area contributed by atoms with Gasteiger partial charge in [0.15, 0.2) is 5.82 Å². The molecule has 3 N–H and O–H groups in total. The summed E-state index contributed by atoms with van der Waals surface area (Å²) < 4.78 is 23.2. The van der Waals surface area contributed by atoms with E-state index in [2.05, 4.69) is 15.8 Å². The summed E-state index contributed by atoms with van der Waals surface area (Å²) in [6.45, 7) is 0. The fraction of sp³-hybridized carbons (Fsp3) is 0. The summed E-state index contributed by atoms with van der Waals surface area (Å²) in [4.78, 5) is 12.3. The van der Waals surface area contributed by atoms with E-state index in [0.29, 0.717) is 0 Å². The van der Waals surface area contributed by atoms with Crippen molar-refractivity contribution in [1.29, 1.82) is 0 Å².